The van der Waals surface area contributed by atoms with Crippen LogP contribution >= 0.6 is 0 Å². The topological polar surface area (TPSA) is 119 Å². The zero-order valence-corrected chi connectivity index (χ0v) is 23.3. The van der Waals surface area contributed by atoms with Crippen molar-refractivity contribution in [2.24, 2.45) is 11.1 Å². The first-order valence-corrected chi connectivity index (χ1v) is 14.6. The molecule has 1 aliphatic carbocycles. The number of amides is 2. The maximum absolute atomic E-state index is 12.4. The van der Waals surface area contributed by atoms with Crippen LogP contribution in [0.15, 0.2) is 77.7 Å². The minimum absolute atomic E-state index is 0.112. The average molecular weight is 552 g/mol. The molecule has 3 N–H and O–H groups in total. The normalized spacial score (nSPS) is 13.2. The van der Waals surface area contributed by atoms with E-state index in [4.69, 9.17) is 9.88 Å². The molecule has 0 radical (unpaired) electrons. The molecule has 8 nitrogen and oxygen atoms in total. The van der Waals surface area contributed by atoms with Crippen molar-refractivity contribution in [3.05, 3.63) is 83.9 Å². The summed E-state index contributed by atoms with van der Waals surface area (Å²) in [4.78, 5) is 24.3. The van der Waals surface area contributed by atoms with Gasteiger partial charge in [0.1, 0.15) is 5.75 Å². The fourth-order valence-electron chi connectivity index (χ4n) is 4.61. The van der Waals surface area contributed by atoms with E-state index in [9.17, 15) is 18.0 Å². The van der Waals surface area contributed by atoms with Gasteiger partial charge in [-0.2, -0.15) is 0 Å². The lowest BCUT2D eigenvalue weighted by atomic mass is 10.0. The number of primary sulfonamides is 1. The lowest BCUT2D eigenvalue weighted by Gasteiger charge is -2.21. The van der Waals surface area contributed by atoms with Crippen molar-refractivity contribution in [3.8, 4) is 16.9 Å². The highest BCUT2D eigenvalue weighted by molar-refractivity contribution is 7.89. The van der Waals surface area contributed by atoms with Gasteiger partial charge in [0.05, 0.1) is 11.5 Å². The largest absolute Gasteiger partial charge is 0.494 e. The minimum Gasteiger partial charge on any atom is -0.494 e. The Balaban J connectivity index is 0.000000272. The zero-order chi connectivity index (χ0) is 28.3. The van der Waals surface area contributed by atoms with Gasteiger partial charge in [0.2, 0.25) is 22.3 Å². The summed E-state index contributed by atoms with van der Waals surface area (Å²) in [5.74, 6) is 1.24. The van der Waals surface area contributed by atoms with Gasteiger partial charge in [-0.1, -0.05) is 67.4 Å². The number of sulfonamides is 1. The first-order valence-electron chi connectivity index (χ1n) is 13.1. The molecule has 9 heteroatoms. The minimum atomic E-state index is -3.78. The van der Waals surface area contributed by atoms with Gasteiger partial charge in [0, 0.05) is 31.6 Å². The van der Waals surface area contributed by atoms with Crippen LogP contribution in [0, 0.1) is 5.92 Å². The van der Waals surface area contributed by atoms with Gasteiger partial charge in [0.25, 0.3) is 0 Å². The van der Waals surface area contributed by atoms with Crippen molar-refractivity contribution in [1.29, 1.82) is 0 Å². The van der Waals surface area contributed by atoms with Gasteiger partial charge in [-0.25, -0.2) is 13.6 Å². The molecule has 1 saturated carbocycles. The van der Waals surface area contributed by atoms with Crippen molar-refractivity contribution in [2.45, 2.75) is 50.6 Å². The van der Waals surface area contributed by atoms with E-state index in [2.05, 4.69) is 5.32 Å². The third-order valence-corrected chi connectivity index (χ3v) is 7.55. The summed E-state index contributed by atoms with van der Waals surface area (Å²) in [5.41, 5.74) is 3.44. The number of hydrogen-bond donors (Lipinski definition) is 2. The van der Waals surface area contributed by atoms with Crippen LogP contribution in [0.5, 0.6) is 5.75 Å². The monoisotopic (exact) mass is 551 g/mol. The highest BCUT2D eigenvalue weighted by Gasteiger charge is 2.25. The molecule has 208 valence electrons. The summed E-state index contributed by atoms with van der Waals surface area (Å²) in [6.07, 6.45) is 4.96. The van der Waals surface area contributed by atoms with Gasteiger partial charge in [-0.05, 0) is 54.7 Å². The van der Waals surface area contributed by atoms with Crippen molar-refractivity contribution in [1.82, 2.24) is 10.2 Å². The van der Waals surface area contributed by atoms with E-state index in [1.54, 1.807) is 23.1 Å². The molecular weight excluding hydrogens is 514 g/mol. The molecule has 0 atom stereocenters. The van der Waals surface area contributed by atoms with Crippen LogP contribution in [0.2, 0.25) is 0 Å². The maximum Gasteiger partial charge on any atom is 0.238 e. The molecule has 1 aliphatic rings. The molecule has 0 aromatic heterocycles. The van der Waals surface area contributed by atoms with Crippen LogP contribution < -0.4 is 15.2 Å². The van der Waals surface area contributed by atoms with Gasteiger partial charge < -0.3 is 15.0 Å². The summed E-state index contributed by atoms with van der Waals surface area (Å²) >= 11 is 0. The van der Waals surface area contributed by atoms with Crippen LogP contribution in [0.1, 0.15) is 43.7 Å². The van der Waals surface area contributed by atoms with E-state index >= 15 is 0 Å². The van der Waals surface area contributed by atoms with Gasteiger partial charge in [0.15, 0.2) is 0 Å². The lowest BCUT2D eigenvalue weighted by Crippen LogP contribution is -2.31. The summed E-state index contributed by atoms with van der Waals surface area (Å²) in [7, 11) is -1.95. The maximum atomic E-state index is 12.4. The van der Waals surface area contributed by atoms with Crippen molar-refractivity contribution in [2.75, 3.05) is 13.7 Å². The first-order chi connectivity index (χ1) is 18.7. The summed E-state index contributed by atoms with van der Waals surface area (Å²) in [6, 6.07) is 21.9. The number of carbonyl (C=O) groups excluding carboxylic acids is 2. The van der Waals surface area contributed by atoms with Crippen LogP contribution in [-0.2, 0) is 32.7 Å². The third-order valence-electron chi connectivity index (χ3n) is 6.58. The quantitative estimate of drug-likeness (QED) is 0.360. The van der Waals surface area contributed by atoms with Gasteiger partial charge in [-0.3, -0.25) is 9.59 Å². The molecule has 0 saturated heterocycles. The smallest absolute Gasteiger partial charge is 0.238 e. The van der Waals surface area contributed by atoms with Crippen molar-refractivity contribution < 1.29 is 22.7 Å². The molecule has 0 spiro atoms. The molecule has 0 heterocycles. The number of rotatable bonds is 10. The molecule has 3 aromatic carbocycles. The van der Waals surface area contributed by atoms with Crippen LogP contribution in [-0.4, -0.2) is 39.3 Å². The molecule has 0 aliphatic heterocycles. The Morgan fingerprint density at radius 1 is 1.00 bits per heavy atom. The van der Waals surface area contributed by atoms with E-state index < -0.39 is 10.0 Å². The SMILES string of the molecule is CCOc1ccc(CNC=O)cc1.CN(Cc1ccc(-c2ccccc2S(N)(=O)=O)cc1)C(=O)C1CCCC1. The molecular formula is C30H37N3O5S. The Morgan fingerprint density at radius 2 is 1.62 bits per heavy atom. The second-order valence-corrected chi connectivity index (χ2v) is 11.0. The van der Waals surface area contributed by atoms with Crippen LogP contribution in [0.25, 0.3) is 11.1 Å². The summed E-state index contributed by atoms with van der Waals surface area (Å²) in [6.45, 7) is 3.73. The third kappa shape index (κ3) is 8.94. The lowest BCUT2D eigenvalue weighted by molar-refractivity contribution is -0.134. The second-order valence-electron chi connectivity index (χ2n) is 9.49. The second kappa shape index (κ2) is 14.5. The van der Waals surface area contributed by atoms with E-state index in [0.29, 0.717) is 31.7 Å². The molecule has 3 aromatic rings. The Hall–Kier alpha value is -3.69. The van der Waals surface area contributed by atoms with Gasteiger partial charge in [-0.15, -0.1) is 0 Å². The van der Waals surface area contributed by atoms with Gasteiger partial charge >= 0.3 is 0 Å². The Bertz CT molecular complexity index is 1320. The van der Waals surface area contributed by atoms with E-state index in [1.807, 2.05) is 62.5 Å². The molecule has 39 heavy (non-hydrogen) atoms. The zero-order valence-electron chi connectivity index (χ0n) is 22.5. The average Bonchev–Trinajstić information content (AvgIpc) is 3.48. The van der Waals surface area contributed by atoms with E-state index in [0.717, 1.165) is 48.1 Å². The highest BCUT2D eigenvalue weighted by Crippen LogP contribution is 2.28. The highest BCUT2D eigenvalue weighted by atomic mass is 32.2. The van der Waals surface area contributed by atoms with Crippen molar-refractivity contribution in [3.63, 3.8) is 0 Å². The molecule has 4 rings (SSSR count). The summed E-state index contributed by atoms with van der Waals surface area (Å²) in [5, 5.41) is 7.91. The number of hydrogen-bond acceptors (Lipinski definition) is 5. The Labute approximate surface area is 231 Å². The number of carbonyl (C=O) groups is 2. The predicted octanol–water partition coefficient (Wildman–Crippen LogP) is 4.48. The number of nitrogens with two attached hydrogens (primary N) is 1. The molecule has 0 unspecified atom stereocenters. The molecule has 1 fully saturated rings. The van der Waals surface area contributed by atoms with Crippen LogP contribution in [0.4, 0.5) is 0 Å². The fourth-order valence-corrected chi connectivity index (χ4v) is 5.37. The number of benzene rings is 3. The molecule has 2 amide bonds. The van der Waals surface area contributed by atoms with E-state index in [1.165, 1.54) is 6.07 Å². The number of nitrogens with zero attached hydrogens (tertiary/aromatic N) is 1. The summed E-state index contributed by atoms with van der Waals surface area (Å²) < 4.78 is 28.8. The standard InChI is InChI=1S/C20H24N2O3S.C10H13NO2/c1-22(20(23)17-6-2-3-7-17)14-15-10-12-16(13-11-15)18-8-4-5-9-19(18)26(21,24)25;1-2-13-10-5-3-9(4-6-10)7-11-8-12/h4-5,8-13,17H,2-3,6-7,14H2,1H3,(H2,21,24,25);3-6,8H,2,7H2,1H3,(H,11,12). The number of nitrogens with one attached hydrogen (secondary N) is 1. The fraction of sp³-hybridized carbons (Fsp3) is 0.333. The Kier molecular flexibility index (Phi) is 11.1. The Morgan fingerprint density at radius 3 is 2.21 bits per heavy atom. The number of ether oxygens (including phenoxy) is 1. The van der Waals surface area contributed by atoms with Crippen molar-refractivity contribution >= 4 is 22.3 Å². The first kappa shape index (κ1) is 29.9. The predicted molar refractivity (Wildman–Crippen MR) is 152 cm³/mol. The van der Waals surface area contributed by atoms with Crippen LogP contribution in [0.3, 0.4) is 0 Å². The molecule has 0 bridgehead atoms. The van der Waals surface area contributed by atoms with E-state index in [-0.39, 0.29) is 16.7 Å².